The zero-order valence-corrected chi connectivity index (χ0v) is 17.0. The molecule has 0 unspecified atom stereocenters. The molecule has 0 atom stereocenters. The van der Waals surface area contributed by atoms with Crippen LogP contribution in [0.25, 0.3) is 39.0 Å². The van der Waals surface area contributed by atoms with E-state index in [4.69, 9.17) is 5.73 Å². The largest absolute Gasteiger partial charge is 0.397 e. The minimum absolute atomic E-state index is 0.256. The number of nitrogen functional groups attached to an aromatic ring is 1. The molecule has 5 aromatic rings. The highest BCUT2D eigenvalue weighted by molar-refractivity contribution is 5.96. The second-order valence-corrected chi connectivity index (χ2v) is 7.86. The lowest BCUT2D eigenvalue weighted by Crippen LogP contribution is -2.13. The van der Waals surface area contributed by atoms with E-state index in [9.17, 15) is 4.39 Å². The van der Waals surface area contributed by atoms with Gasteiger partial charge >= 0.3 is 0 Å². The summed E-state index contributed by atoms with van der Waals surface area (Å²) < 4.78 is 13.8. The minimum Gasteiger partial charge on any atom is -0.397 e. The van der Waals surface area contributed by atoms with Crippen molar-refractivity contribution in [2.24, 2.45) is 0 Å². The van der Waals surface area contributed by atoms with E-state index in [2.05, 4.69) is 37.6 Å². The Morgan fingerprint density at radius 3 is 2.75 bits per heavy atom. The summed E-state index contributed by atoms with van der Waals surface area (Å²) in [7, 11) is 0. The van der Waals surface area contributed by atoms with Crippen molar-refractivity contribution in [2.45, 2.75) is 6.54 Å². The molecule has 3 aromatic heterocycles. The number of nitrogens with zero attached hydrogens (tertiary/aromatic N) is 2. The van der Waals surface area contributed by atoms with Gasteiger partial charge in [0.05, 0.1) is 23.4 Å². The van der Waals surface area contributed by atoms with E-state index < -0.39 is 0 Å². The van der Waals surface area contributed by atoms with Crippen molar-refractivity contribution >= 4 is 22.2 Å². The van der Waals surface area contributed by atoms with E-state index >= 15 is 0 Å². The zero-order valence-electron chi connectivity index (χ0n) is 17.0. The summed E-state index contributed by atoms with van der Waals surface area (Å²) in [5.41, 5.74) is 15.0. The number of benzene rings is 2. The lowest BCUT2D eigenvalue weighted by atomic mass is 9.96. The first-order valence-corrected chi connectivity index (χ1v) is 10.3. The fourth-order valence-corrected chi connectivity index (χ4v) is 4.25. The standard InChI is InChI=1S/C25H19FN6/c26-17-3-1-2-15(6-17)21-12-29-13-24-19(21)9-23(30-24)25-20-8-14(4-5-22(20)31-32-25)16-7-18(27)11-28-10-16/h1-12,29-30H,13,27H2,(H,31,32). The molecule has 0 radical (unpaired) electrons. The Balaban J connectivity index is 1.45. The van der Waals surface area contributed by atoms with Gasteiger partial charge in [-0.3, -0.25) is 10.1 Å². The third-order valence-electron chi connectivity index (χ3n) is 5.76. The Kier molecular flexibility index (Phi) is 4.07. The van der Waals surface area contributed by atoms with Crippen molar-refractivity contribution in [1.29, 1.82) is 0 Å². The van der Waals surface area contributed by atoms with Gasteiger partial charge in [0.2, 0.25) is 0 Å². The summed E-state index contributed by atoms with van der Waals surface area (Å²) in [6.07, 6.45) is 5.36. The number of halogens is 1. The van der Waals surface area contributed by atoms with Crippen LogP contribution in [0.1, 0.15) is 16.8 Å². The van der Waals surface area contributed by atoms with Crippen LogP contribution in [-0.4, -0.2) is 20.2 Å². The summed E-state index contributed by atoms with van der Waals surface area (Å²) in [5.74, 6) is -0.256. The average Bonchev–Trinajstić information content (AvgIpc) is 3.42. The first kappa shape index (κ1) is 18.4. The fraction of sp³-hybridized carbons (Fsp3) is 0.0400. The molecule has 0 bridgehead atoms. The molecule has 0 aliphatic carbocycles. The molecule has 4 heterocycles. The third-order valence-corrected chi connectivity index (χ3v) is 5.76. The van der Waals surface area contributed by atoms with Crippen LogP contribution in [0.4, 0.5) is 10.1 Å². The van der Waals surface area contributed by atoms with Crippen molar-refractivity contribution in [3.05, 3.63) is 95.8 Å². The Labute approximate surface area is 183 Å². The molecule has 5 N–H and O–H groups in total. The average molecular weight is 422 g/mol. The monoisotopic (exact) mass is 422 g/mol. The first-order valence-electron chi connectivity index (χ1n) is 10.3. The number of nitrogens with two attached hydrogens (primary N) is 1. The maximum absolute atomic E-state index is 13.8. The Bertz CT molecular complexity index is 1510. The smallest absolute Gasteiger partial charge is 0.123 e. The number of pyridine rings is 1. The predicted octanol–water partition coefficient (Wildman–Crippen LogP) is 4.83. The van der Waals surface area contributed by atoms with Crippen LogP contribution in [0.3, 0.4) is 0 Å². The number of anilines is 1. The molecule has 6 rings (SSSR count). The van der Waals surface area contributed by atoms with E-state index in [0.717, 1.165) is 55.8 Å². The quantitative estimate of drug-likeness (QED) is 0.335. The molecule has 1 aliphatic heterocycles. The van der Waals surface area contributed by atoms with Crippen LogP contribution in [-0.2, 0) is 6.54 Å². The Morgan fingerprint density at radius 1 is 0.938 bits per heavy atom. The van der Waals surface area contributed by atoms with Gasteiger partial charge in [-0.15, -0.1) is 0 Å². The highest BCUT2D eigenvalue weighted by atomic mass is 19.1. The summed E-state index contributed by atoms with van der Waals surface area (Å²) in [6.45, 7) is 0.663. The van der Waals surface area contributed by atoms with Gasteiger partial charge in [-0.25, -0.2) is 4.39 Å². The van der Waals surface area contributed by atoms with Crippen LogP contribution in [0.15, 0.2) is 73.2 Å². The van der Waals surface area contributed by atoms with E-state index in [1.807, 2.05) is 30.5 Å². The van der Waals surface area contributed by atoms with Crippen molar-refractivity contribution in [3.8, 4) is 22.5 Å². The van der Waals surface area contributed by atoms with E-state index in [0.29, 0.717) is 12.2 Å². The first-order chi connectivity index (χ1) is 15.7. The molecule has 0 saturated heterocycles. The van der Waals surface area contributed by atoms with Gasteiger partial charge in [-0.2, -0.15) is 5.10 Å². The third kappa shape index (κ3) is 3.02. The number of nitrogens with one attached hydrogen (secondary N) is 3. The van der Waals surface area contributed by atoms with Crippen LogP contribution < -0.4 is 11.1 Å². The van der Waals surface area contributed by atoms with Crippen molar-refractivity contribution in [2.75, 3.05) is 5.73 Å². The van der Waals surface area contributed by atoms with Gasteiger partial charge in [0.15, 0.2) is 0 Å². The van der Waals surface area contributed by atoms with E-state index in [1.165, 1.54) is 6.07 Å². The molecular formula is C25H19FN6. The summed E-state index contributed by atoms with van der Waals surface area (Å²) in [6, 6.07) is 16.7. The summed E-state index contributed by atoms with van der Waals surface area (Å²) >= 11 is 0. The molecule has 2 aromatic carbocycles. The topological polar surface area (TPSA) is 95.4 Å². The molecule has 0 saturated carbocycles. The molecule has 1 aliphatic rings. The van der Waals surface area contributed by atoms with Crippen LogP contribution in [0, 0.1) is 5.82 Å². The Hall–Kier alpha value is -4.39. The SMILES string of the molecule is Nc1cncc(-c2ccc3[nH]nc(-c4cc5c([nH]4)CNC=C5c4cccc(F)c4)c3c2)c1. The summed E-state index contributed by atoms with van der Waals surface area (Å²) in [5, 5.41) is 12.0. The summed E-state index contributed by atoms with van der Waals surface area (Å²) in [4.78, 5) is 7.70. The lowest BCUT2D eigenvalue weighted by molar-refractivity contribution is 0.627. The molecule has 156 valence electrons. The van der Waals surface area contributed by atoms with Gasteiger partial charge in [-0.1, -0.05) is 18.2 Å². The molecular weight excluding hydrogens is 403 g/mol. The highest BCUT2D eigenvalue weighted by Crippen LogP contribution is 2.35. The number of rotatable bonds is 3. The van der Waals surface area contributed by atoms with Crippen molar-refractivity contribution in [1.82, 2.24) is 25.5 Å². The van der Waals surface area contributed by atoms with Gasteiger partial charge < -0.3 is 16.0 Å². The second-order valence-electron chi connectivity index (χ2n) is 7.86. The van der Waals surface area contributed by atoms with Crippen LogP contribution in [0.5, 0.6) is 0 Å². The van der Waals surface area contributed by atoms with Crippen LogP contribution >= 0.6 is 0 Å². The number of aromatic amines is 2. The zero-order chi connectivity index (χ0) is 21.7. The van der Waals surface area contributed by atoms with E-state index in [1.54, 1.807) is 24.5 Å². The maximum atomic E-state index is 13.8. The fourth-order valence-electron chi connectivity index (χ4n) is 4.25. The van der Waals surface area contributed by atoms with Crippen molar-refractivity contribution in [3.63, 3.8) is 0 Å². The number of hydrogen-bond acceptors (Lipinski definition) is 4. The molecule has 32 heavy (non-hydrogen) atoms. The number of H-pyrrole nitrogens is 2. The van der Waals surface area contributed by atoms with Crippen molar-refractivity contribution < 1.29 is 4.39 Å². The van der Waals surface area contributed by atoms with Gasteiger partial charge in [0.25, 0.3) is 0 Å². The molecule has 0 amide bonds. The Morgan fingerprint density at radius 2 is 1.88 bits per heavy atom. The second kappa shape index (κ2) is 7.09. The minimum atomic E-state index is -0.256. The maximum Gasteiger partial charge on any atom is 0.123 e. The molecule has 7 heteroatoms. The molecule has 0 spiro atoms. The van der Waals surface area contributed by atoms with Gasteiger partial charge in [-0.05, 0) is 47.5 Å². The number of fused-ring (bicyclic) bond motifs is 2. The van der Waals surface area contributed by atoms with E-state index in [-0.39, 0.29) is 5.82 Å². The van der Waals surface area contributed by atoms with Gasteiger partial charge in [0.1, 0.15) is 11.5 Å². The number of hydrogen-bond donors (Lipinski definition) is 4. The molecule has 0 fully saturated rings. The lowest BCUT2D eigenvalue weighted by Gasteiger charge is -2.15. The molecule has 6 nitrogen and oxygen atoms in total. The number of aromatic nitrogens is 4. The normalized spacial score (nSPS) is 13.0. The van der Waals surface area contributed by atoms with Crippen LogP contribution in [0.2, 0.25) is 0 Å². The van der Waals surface area contributed by atoms with Gasteiger partial charge in [0, 0.05) is 46.4 Å². The highest BCUT2D eigenvalue weighted by Gasteiger charge is 2.20. The predicted molar refractivity (Wildman–Crippen MR) is 124 cm³/mol.